The molecule has 2 aliphatic rings. The first kappa shape index (κ1) is 17.6. The quantitative estimate of drug-likeness (QED) is 0.856. The maximum atomic E-state index is 12.7. The molecule has 6 heteroatoms. The number of methoxy groups -OCH3 is 2. The molecule has 0 bridgehead atoms. The summed E-state index contributed by atoms with van der Waals surface area (Å²) in [6.45, 7) is 2.17. The summed E-state index contributed by atoms with van der Waals surface area (Å²) in [5, 5.41) is 3.04. The SMILES string of the molecule is COc1ccc(C(=O)N2CCC(CNC(=O)C3CC3)CC2)cc1OC. The van der Waals surface area contributed by atoms with Crippen LogP contribution in [-0.4, -0.2) is 50.6 Å². The van der Waals surface area contributed by atoms with Gasteiger partial charge in [0.1, 0.15) is 0 Å². The molecular formula is C19H26N2O4. The minimum Gasteiger partial charge on any atom is -0.493 e. The molecule has 1 aliphatic carbocycles. The highest BCUT2D eigenvalue weighted by atomic mass is 16.5. The number of rotatable bonds is 6. The standard InChI is InChI=1S/C19H26N2O4/c1-24-16-6-5-15(11-17(16)25-2)19(23)21-9-7-13(8-10-21)12-20-18(22)14-3-4-14/h5-6,11,13-14H,3-4,7-10,12H2,1-2H3,(H,20,22). The molecule has 0 atom stereocenters. The lowest BCUT2D eigenvalue weighted by molar-refractivity contribution is -0.122. The second-order valence-corrected chi connectivity index (χ2v) is 6.82. The summed E-state index contributed by atoms with van der Waals surface area (Å²) in [4.78, 5) is 26.3. The van der Waals surface area contributed by atoms with Crippen molar-refractivity contribution in [2.45, 2.75) is 25.7 Å². The first-order valence-corrected chi connectivity index (χ1v) is 8.91. The lowest BCUT2D eigenvalue weighted by Crippen LogP contribution is -2.41. The Morgan fingerprint density at radius 3 is 2.36 bits per heavy atom. The predicted octanol–water partition coefficient (Wildman–Crippen LogP) is 2.08. The van der Waals surface area contributed by atoms with E-state index >= 15 is 0 Å². The molecule has 2 fully saturated rings. The Labute approximate surface area is 148 Å². The van der Waals surface area contributed by atoms with Crippen LogP contribution in [-0.2, 0) is 4.79 Å². The number of nitrogens with zero attached hydrogens (tertiary/aromatic N) is 1. The highest BCUT2D eigenvalue weighted by molar-refractivity contribution is 5.95. The summed E-state index contributed by atoms with van der Waals surface area (Å²) < 4.78 is 10.5. The topological polar surface area (TPSA) is 67.9 Å². The monoisotopic (exact) mass is 346 g/mol. The van der Waals surface area contributed by atoms with E-state index in [0.29, 0.717) is 23.0 Å². The van der Waals surface area contributed by atoms with Crippen molar-refractivity contribution in [3.8, 4) is 11.5 Å². The molecule has 6 nitrogen and oxygen atoms in total. The normalized spacial score (nSPS) is 17.9. The van der Waals surface area contributed by atoms with Gasteiger partial charge in [0.2, 0.25) is 5.91 Å². The third kappa shape index (κ3) is 4.24. The van der Waals surface area contributed by atoms with E-state index in [4.69, 9.17) is 9.47 Å². The van der Waals surface area contributed by atoms with E-state index in [0.717, 1.165) is 45.3 Å². The van der Waals surface area contributed by atoms with Gasteiger partial charge in [0.25, 0.3) is 5.91 Å². The van der Waals surface area contributed by atoms with Crippen LogP contribution in [0.15, 0.2) is 18.2 Å². The smallest absolute Gasteiger partial charge is 0.253 e. The van der Waals surface area contributed by atoms with Crippen LogP contribution in [0.5, 0.6) is 11.5 Å². The molecule has 1 heterocycles. The second-order valence-electron chi connectivity index (χ2n) is 6.82. The molecule has 1 aliphatic heterocycles. The van der Waals surface area contributed by atoms with Crippen molar-refractivity contribution in [3.05, 3.63) is 23.8 Å². The van der Waals surface area contributed by atoms with Crippen molar-refractivity contribution in [3.63, 3.8) is 0 Å². The van der Waals surface area contributed by atoms with Crippen molar-refractivity contribution in [2.75, 3.05) is 33.9 Å². The van der Waals surface area contributed by atoms with Crippen LogP contribution in [0.1, 0.15) is 36.0 Å². The van der Waals surface area contributed by atoms with Crippen molar-refractivity contribution in [1.82, 2.24) is 10.2 Å². The van der Waals surface area contributed by atoms with Gasteiger partial charge in [-0.2, -0.15) is 0 Å². The van der Waals surface area contributed by atoms with Crippen LogP contribution in [0.3, 0.4) is 0 Å². The maximum Gasteiger partial charge on any atom is 0.253 e. The fourth-order valence-electron chi connectivity index (χ4n) is 3.23. The van der Waals surface area contributed by atoms with E-state index in [9.17, 15) is 9.59 Å². The van der Waals surface area contributed by atoms with Crippen LogP contribution in [0.25, 0.3) is 0 Å². The largest absolute Gasteiger partial charge is 0.493 e. The Morgan fingerprint density at radius 2 is 1.76 bits per heavy atom. The fraction of sp³-hybridized carbons (Fsp3) is 0.579. The molecule has 3 rings (SSSR count). The van der Waals surface area contributed by atoms with Gasteiger partial charge < -0.3 is 19.7 Å². The molecule has 0 spiro atoms. The van der Waals surface area contributed by atoms with E-state index in [1.165, 1.54) is 0 Å². The highest BCUT2D eigenvalue weighted by Gasteiger charge is 2.30. The third-order valence-corrected chi connectivity index (χ3v) is 5.05. The van der Waals surface area contributed by atoms with Crippen LogP contribution >= 0.6 is 0 Å². The molecule has 1 N–H and O–H groups in total. The van der Waals surface area contributed by atoms with Crippen molar-refractivity contribution in [1.29, 1.82) is 0 Å². The Kier molecular flexibility index (Phi) is 5.46. The molecule has 0 unspecified atom stereocenters. The number of ether oxygens (including phenoxy) is 2. The van der Waals surface area contributed by atoms with E-state index in [1.54, 1.807) is 32.4 Å². The number of piperidine rings is 1. The number of carbonyl (C=O) groups is 2. The molecule has 1 saturated heterocycles. The first-order valence-electron chi connectivity index (χ1n) is 8.91. The van der Waals surface area contributed by atoms with E-state index < -0.39 is 0 Å². The number of benzene rings is 1. The van der Waals surface area contributed by atoms with Gasteiger partial charge in [0.15, 0.2) is 11.5 Å². The number of amides is 2. The van der Waals surface area contributed by atoms with Crippen LogP contribution in [0.2, 0.25) is 0 Å². The Morgan fingerprint density at radius 1 is 1.08 bits per heavy atom. The van der Waals surface area contributed by atoms with Crippen molar-refractivity contribution >= 4 is 11.8 Å². The van der Waals surface area contributed by atoms with Crippen molar-refractivity contribution in [2.24, 2.45) is 11.8 Å². The molecule has 136 valence electrons. The number of hydrogen-bond donors (Lipinski definition) is 1. The molecule has 25 heavy (non-hydrogen) atoms. The molecule has 2 amide bonds. The Balaban J connectivity index is 1.51. The summed E-state index contributed by atoms with van der Waals surface area (Å²) in [5.74, 6) is 2.10. The van der Waals surface area contributed by atoms with Gasteiger partial charge in [0.05, 0.1) is 14.2 Å². The van der Waals surface area contributed by atoms with Gasteiger partial charge in [-0.05, 0) is 49.8 Å². The van der Waals surface area contributed by atoms with Crippen LogP contribution in [0.4, 0.5) is 0 Å². The zero-order chi connectivity index (χ0) is 17.8. The van der Waals surface area contributed by atoms with Gasteiger partial charge in [-0.1, -0.05) is 0 Å². The minimum absolute atomic E-state index is 0.0152. The number of likely N-dealkylation sites (tertiary alicyclic amines) is 1. The van der Waals surface area contributed by atoms with Gasteiger partial charge in [-0.15, -0.1) is 0 Å². The van der Waals surface area contributed by atoms with Gasteiger partial charge in [-0.25, -0.2) is 0 Å². The van der Waals surface area contributed by atoms with Gasteiger partial charge in [-0.3, -0.25) is 9.59 Å². The van der Waals surface area contributed by atoms with E-state index in [-0.39, 0.29) is 17.7 Å². The number of carbonyl (C=O) groups excluding carboxylic acids is 2. The van der Waals surface area contributed by atoms with E-state index in [2.05, 4.69) is 5.32 Å². The number of hydrogen-bond acceptors (Lipinski definition) is 4. The predicted molar refractivity (Wildman–Crippen MR) is 93.9 cm³/mol. The third-order valence-electron chi connectivity index (χ3n) is 5.05. The molecular weight excluding hydrogens is 320 g/mol. The average molecular weight is 346 g/mol. The Bertz CT molecular complexity index is 634. The summed E-state index contributed by atoms with van der Waals surface area (Å²) in [6.07, 6.45) is 3.90. The summed E-state index contributed by atoms with van der Waals surface area (Å²) in [7, 11) is 3.14. The first-order chi connectivity index (χ1) is 12.1. The molecule has 1 aromatic rings. The summed E-state index contributed by atoms with van der Waals surface area (Å²) in [6, 6.07) is 5.25. The van der Waals surface area contributed by atoms with Gasteiger partial charge >= 0.3 is 0 Å². The zero-order valence-electron chi connectivity index (χ0n) is 14.9. The summed E-state index contributed by atoms with van der Waals surface area (Å²) in [5.41, 5.74) is 0.609. The maximum absolute atomic E-state index is 12.7. The highest BCUT2D eigenvalue weighted by Crippen LogP contribution is 2.30. The lowest BCUT2D eigenvalue weighted by atomic mass is 9.96. The lowest BCUT2D eigenvalue weighted by Gasteiger charge is -2.32. The zero-order valence-corrected chi connectivity index (χ0v) is 14.9. The molecule has 1 aromatic carbocycles. The van der Waals surface area contributed by atoms with Crippen molar-refractivity contribution < 1.29 is 19.1 Å². The summed E-state index contributed by atoms with van der Waals surface area (Å²) >= 11 is 0. The Hall–Kier alpha value is -2.24. The minimum atomic E-state index is 0.0152. The van der Waals surface area contributed by atoms with Crippen LogP contribution < -0.4 is 14.8 Å². The molecule has 1 saturated carbocycles. The van der Waals surface area contributed by atoms with Gasteiger partial charge in [0, 0.05) is 31.1 Å². The fourth-order valence-corrected chi connectivity index (χ4v) is 3.23. The van der Waals surface area contributed by atoms with E-state index in [1.807, 2.05) is 4.90 Å². The average Bonchev–Trinajstić information content (AvgIpc) is 3.50. The number of nitrogens with one attached hydrogen (secondary N) is 1. The second kappa shape index (κ2) is 7.76. The molecule has 0 aromatic heterocycles. The van der Waals surface area contributed by atoms with Crippen LogP contribution in [0, 0.1) is 11.8 Å². The molecule has 0 radical (unpaired) electrons.